The zero-order valence-electron chi connectivity index (χ0n) is 49.4. The summed E-state index contributed by atoms with van der Waals surface area (Å²) in [5.41, 5.74) is 21.0. The molecule has 88 heavy (non-hydrogen) atoms. The van der Waals surface area contributed by atoms with Crippen LogP contribution in [0.2, 0.25) is 0 Å². The van der Waals surface area contributed by atoms with E-state index < -0.39 is 133 Å². The van der Waals surface area contributed by atoms with E-state index in [-0.39, 0.29) is 51.1 Å². The van der Waals surface area contributed by atoms with Gasteiger partial charge in [0.05, 0.1) is 19.6 Å². The van der Waals surface area contributed by atoms with Crippen molar-refractivity contribution in [1.29, 1.82) is 0 Å². The van der Waals surface area contributed by atoms with E-state index in [4.69, 9.17) is 17.2 Å². The van der Waals surface area contributed by atoms with Crippen LogP contribution in [-0.2, 0) is 72.0 Å². The molecule has 1 fully saturated rings. The molecule has 6 aromatic rings. The molecule has 3 aromatic heterocycles. The molecule has 0 aliphatic carbocycles. The highest BCUT2D eigenvalue weighted by atomic mass is 16.3. The highest BCUT2D eigenvalue weighted by Crippen LogP contribution is 2.25. The summed E-state index contributed by atoms with van der Waals surface area (Å²) < 4.78 is 0. The lowest BCUT2D eigenvalue weighted by molar-refractivity contribution is -0.142. The zero-order valence-corrected chi connectivity index (χ0v) is 49.4. The molecule has 11 amide bonds. The van der Waals surface area contributed by atoms with E-state index in [2.05, 4.69) is 57.5 Å². The Balaban J connectivity index is 1.19. The fourth-order valence-corrected chi connectivity index (χ4v) is 10.9. The van der Waals surface area contributed by atoms with Crippen LogP contribution in [-0.4, -0.2) is 165 Å². The van der Waals surface area contributed by atoms with Crippen molar-refractivity contribution < 1.29 is 57.8 Å². The van der Waals surface area contributed by atoms with Crippen LogP contribution in [0.25, 0.3) is 32.7 Å². The van der Waals surface area contributed by atoms with E-state index in [0.29, 0.717) is 53.3 Å². The van der Waals surface area contributed by atoms with E-state index in [1.807, 2.05) is 49.4 Å². The van der Waals surface area contributed by atoms with Gasteiger partial charge in [0.2, 0.25) is 65.0 Å². The Hall–Kier alpha value is -9.63. The summed E-state index contributed by atoms with van der Waals surface area (Å²) >= 11 is 0. The number of nitrogens with one attached hydrogen (secondary N) is 11. The molecule has 18 N–H and O–H groups in total. The molecule has 1 saturated heterocycles. The van der Waals surface area contributed by atoms with Gasteiger partial charge < -0.3 is 84.7 Å². The smallest absolute Gasteiger partial charge is 0.246 e. The molecule has 1 aliphatic heterocycles. The third kappa shape index (κ3) is 17.3. The summed E-state index contributed by atoms with van der Waals surface area (Å²) in [4.78, 5) is 162. The maximum Gasteiger partial charge on any atom is 0.246 e. The first-order valence-electron chi connectivity index (χ1n) is 29.4. The van der Waals surface area contributed by atoms with Gasteiger partial charge in [-0.25, -0.2) is 0 Å². The lowest BCUT2D eigenvalue weighted by Crippen LogP contribution is -2.61. The Bertz CT molecular complexity index is 3500. The maximum atomic E-state index is 15.3. The fraction of sp³-hybridized carbons (Fsp3) is 0.426. The van der Waals surface area contributed by atoms with E-state index in [1.165, 1.54) is 4.90 Å². The van der Waals surface area contributed by atoms with Crippen molar-refractivity contribution in [2.24, 2.45) is 23.1 Å². The van der Waals surface area contributed by atoms with Crippen LogP contribution in [0, 0.1) is 5.92 Å². The average Bonchev–Trinajstić information content (AvgIpc) is 3.97. The molecule has 27 nitrogen and oxygen atoms in total. The minimum Gasteiger partial charge on any atom is -0.394 e. The summed E-state index contributed by atoms with van der Waals surface area (Å²) in [5, 5.41) is 33.0. The number of nitrogens with two attached hydrogens (primary N) is 3. The molecule has 27 heteroatoms. The van der Waals surface area contributed by atoms with Gasteiger partial charge in [-0.15, -0.1) is 0 Å². The summed E-state index contributed by atoms with van der Waals surface area (Å²) in [6.45, 7) is 3.66. The number of carbonyl (C=O) groups excluding carboxylic acids is 11. The highest BCUT2D eigenvalue weighted by Gasteiger charge is 2.40. The number of amides is 11. The van der Waals surface area contributed by atoms with Crippen molar-refractivity contribution in [3.63, 3.8) is 0 Å². The molecule has 0 spiro atoms. The highest BCUT2D eigenvalue weighted by molar-refractivity contribution is 6.00. The van der Waals surface area contributed by atoms with Crippen LogP contribution in [0.1, 0.15) is 82.4 Å². The number of aliphatic hydroxyl groups is 1. The van der Waals surface area contributed by atoms with Gasteiger partial charge in [-0.2, -0.15) is 0 Å². The number of hydrogen-bond acceptors (Lipinski definition) is 13. The second-order valence-corrected chi connectivity index (χ2v) is 22.1. The fourth-order valence-electron chi connectivity index (χ4n) is 10.9. The Morgan fingerprint density at radius 1 is 0.602 bits per heavy atom. The van der Waals surface area contributed by atoms with Crippen molar-refractivity contribution >= 4 is 97.7 Å². The number of primary amides is 2. The van der Waals surface area contributed by atoms with Gasteiger partial charge in [0.15, 0.2) is 0 Å². The molecule has 0 unspecified atom stereocenters. The van der Waals surface area contributed by atoms with Gasteiger partial charge in [0, 0.05) is 84.0 Å². The average molecular weight is 1210 g/mol. The molecule has 1 aliphatic rings. The number of rotatable bonds is 32. The van der Waals surface area contributed by atoms with E-state index >= 15 is 14.4 Å². The van der Waals surface area contributed by atoms with Crippen LogP contribution < -0.4 is 59.7 Å². The summed E-state index contributed by atoms with van der Waals surface area (Å²) in [6, 6.07) is 10.8. The molecule has 0 saturated carbocycles. The number of hydrogen-bond donors (Lipinski definition) is 15. The minimum atomic E-state index is -1.71. The minimum absolute atomic E-state index is 0.0265. The van der Waals surface area contributed by atoms with Gasteiger partial charge >= 0.3 is 0 Å². The number of unbranched alkanes of at least 4 members (excludes halogenated alkanes) is 1. The summed E-state index contributed by atoms with van der Waals surface area (Å²) in [7, 11) is 0. The first-order valence-corrected chi connectivity index (χ1v) is 29.4. The van der Waals surface area contributed by atoms with Gasteiger partial charge in [0.1, 0.15) is 48.3 Å². The number of aromatic amines is 3. The second-order valence-electron chi connectivity index (χ2n) is 22.1. The Labute approximate surface area is 506 Å². The van der Waals surface area contributed by atoms with Crippen molar-refractivity contribution in [3.8, 4) is 0 Å². The zero-order chi connectivity index (χ0) is 63.6. The quantitative estimate of drug-likeness (QED) is 0.0231. The second kappa shape index (κ2) is 31.1. The lowest BCUT2D eigenvalue weighted by atomic mass is 9.98. The standard InChI is InChI=1S/C61H79N15O12/c1-4-33(2)53(54(64)81)75-52(80)31-68-60(87)50-21-13-23-76(50)61(88)48(26-37-30-67-43-19-10-7-16-40(37)43)74-57(84)46(25-36-29-66-42-18-9-6-15-39(36)42)71-55(82)44(20-11-12-22-62)70-56(83)45(24-35-28-65-41-17-8-5-14-38(35)41)72-58(85)47(27-51(63)79)73-59(86)49(32-77)69-34(3)78/h5-10,14-19,28-30,33,44-50,53,65-67,77H,4,11-13,20-27,31-32,62H2,1-3H3,(H2,63,79)(H2,64,81)(H,68,87)(H,69,78)(H,70,83)(H,71,82)(H,72,85)(H,73,86)(H,74,84)(H,75,80)/t33-,44-,45-,46-,47-,48-,49-,50-,53-/m0/s1. The van der Waals surface area contributed by atoms with Crippen molar-refractivity contribution in [2.75, 3.05) is 26.2 Å². The van der Waals surface area contributed by atoms with Crippen LogP contribution in [0.3, 0.4) is 0 Å². The number of nitrogens with zero attached hydrogens (tertiary/aromatic N) is 1. The molecule has 0 bridgehead atoms. The number of para-hydroxylation sites is 3. The van der Waals surface area contributed by atoms with Gasteiger partial charge in [-0.05, 0) is 79.5 Å². The topological polar surface area (TPSA) is 433 Å². The number of likely N-dealkylation sites (tertiary alicyclic amines) is 1. The lowest BCUT2D eigenvalue weighted by Gasteiger charge is -2.30. The third-order valence-electron chi connectivity index (χ3n) is 15.8. The van der Waals surface area contributed by atoms with E-state index in [0.717, 1.165) is 28.7 Å². The van der Waals surface area contributed by atoms with Crippen LogP contribution >= 0.6 is 0 Å². The van der Waals surface area contributed by atoms with Crippen molar-refractivity contribution in [1.82, 2.24) is 62.4 Å². The number of benzene rings is 3. The van der Waals surface area contributed by atoms with Crippen LogP contribution in [0.15, 0.2) is 91.4 Å². The molecule has 9 atom stereocenters. The number of fused-ring (bicyclic) bond motifs is 3. The Morgan fingerprint density at radius 2 is 1.06 bits per heavy atom. The predicted molar refractivity (Wildman–Crippen MR) is 325 cm³/mol. The molecule has 4 heterocycles. The predicted octanol–water partition coefficient (Wildman–Crippen LogP) is -0.793. The van der Waals surface area contributed by atoms with E-state index in [9.17, 15) is 43.5 Å². The molecule has 0 radical (unpaired) electrons. The largest absolute Gasteiger partial charge is 0.394 e. The first kappa shape index (κ1) is 65.9. The first-order chi connectivity index (χ1) is 42.2. The van der Waals surface area contributed by atoms with Gasteiger partial charge in [-0.3, -0.25) is 52.7 Å². The molecule has 470 valence electrons. The Kier molecular flexibility index (Phi) is 23.3. The molecule has 7 rings (SSSR count). The molecular weight excluding hydrogens is 1130 g/mol. The molecule has 3 aromatic carbocycles. The number of aromatic nitrogens is 3. The third-order valence-corrected chi connectivity index (χ3v) is 15.8. The normalized spacial score (nSPS) is 15.8. The van der Waals surface area contributed by atoms with Gasteiger partial charge in [0.25, 0.3) is 0 Å². The van der Waals surface area contributed by atoms with Crippen molar-refractivity contribution in [3.05, 3.63) is 108 Å². The Morgan fingerprint density at radius 3 is 1.53 bits per heavy atom. The van der Waals surface area contributed by atoms with Crippen molar-refractivity contribution in [2.45, 2.75) is 133 Å². The monoisotopic (exact) mass is 1210 g/mol. The van der Waals surface area contributed by atoms with Crippen LogP contribution in [0.5, 0.6) is 0 Å². The number of aliphatic hydroxyl groups excluding tert-OH is 1. The van der Waals surface area contributed by atoms with Gasteiger partial charge in [-0.1, -0.05) is 74.9 Å². The summed E-state index contributed by atoms with van der Waals surface area (Å²) in [6.07, 6.45) is 5.69. The summed E-state index contributed by atoms with van der Waals surface area (Å²) in [5.74, 6) is -9.24. The number of H-pyrrole nitrogens is 3. The number of carbonyl (C=O) groups is 11. The maximum absolute atomic E-state index is 15.3. The molecular formula is C61H79N15O12. The van der Waals surface area contributed by atoms with E-state index in [1.54, 1.807) is 55.8 Å². The SMILES string of the molecule is CC[C@H](C)[C@H](NC(=O)CNC(=O)[C@@H]1CCCN1C(=O)[C@H](Cc1c[nH]c2ccccc12)NC(=O)[C@H](Cc1c[nH]c2ccccc12)NC(=O)[C@H](CCCCN)NC(=O)[C@H](Cc1c[nH]c2ccccc12)NC(=O)[C@H](CC(N)=O)NC(=O)[C@H](CO)NC(C)=O)C(N)=O. The van der Waals surface area contributed by atoms with Crippen LogP contribution in [0.4, 0.5) is 0 Å².